The molecule has 320 valence electrons. The summed E-state index contributed by atoms with van der Waals surface area (Å²) in [4.78, 5) is 68.9. The zero-order valence-electron chi connectivity index (χ0n) is 34.9. The van der Waals surface area contributed by atoms with E-state index in [1.807, 2.05) is 6.92 Å². The second-order valence-corrected chi connectivity index (χ2v) is 13.3. The first-order valence-corrected chi connectivity index (χ1v) is 20.7. The Morgan fingerprint density at radius 1 is 0.704 bits per heavy atom. The van der Waals surface area contributed by atoms with E-state index in [0.717, 1.165) is 57.9 Å². The maximum absolute atomic E-state index is 11.4. The summed E-state index contributed by atoms with van der Waals surface area (Å²) in [6, 6.07) is -0.713. The van der Waals surface area contributed by atoms with Crippen LogP contribution in [0.15, 0.2) is 4.99 Å². The number of nitrogens with zero attached hydrogens (tertiary/aromatic N) is 1. The van der Waals surface area contributed by atoms with Crippen molar-refractivity contribution in [1.82, 2.24) is 26.6 Å². The van der Waals surface area contributed by atoms with E-state index in [0.29, 0.717) is 19.4 Å². The van der Waals surface area contributed by atoms with Crippen LogP contribution >= 0.6 is 11.8 Å². The Morgan fingerprint density at radius 3 is 1.65 bits per heavy atom. The summed E-state index contributed by atoms with van der Waals surface area (Å²) >= 11 is 1.33. The van der Waals surface area contributed by atoms with Gasteiger partial charge in [-0.05, 0) is 65.9 Å². The lowest BCUT2D eigenvalue weighted by atomic mass is 10.1. The van der Waals surface area contributed by atoms with E-state index in [4.69, 9.17) is 22.9 Å². The van der Waals surface area contributed by atoms with Crippen LogP contribution in [0.3, 0.4) is 0 Å². The van der Waals surface area contributed by atoms with Crippen LogP contribution in [-0.4, -0.2) is 113 Å². The van der Waals surface area contributed by atoms with Gasteiger partial charge < -0.3 is 59.1 Å². The van der Waals surface area contributed by atoms with Crippen molar-refractivity contribution in [2.45, 2.75) is 142 Å². The highest BCUT2D eigenvalue weighted by Gasteiger charge is 2.22. The van der Waals surface area contributed by atoms with Crippen LogP contribution in [0.5, 0.6) is 0 Å². The SMILES string of the molecule is CCCCCCC(=O)NC(C)C=O.CCCCCCNC(=O)CNC.CCCCN.CCCN=C(N)N.CNCC(=O)NC(CCC(N)=O)C(C=O)SC. The van der Waals surface area contributed by atoms with Gasteiger partial charge in [0.15, 0.2) is 5.96 Å². The number of carbonyl (C=O) groups excluding carboxylic acids is 6. The molecule has 0 radical (unpaired) electrons. The molecule has 0 spiro atoms. The number of carbonyl (C=O) groups is 6. The molecule has 0 aromatic carbocycles. The Kier molecular flexibility index (Phi) is 55.2. The van der Waals surface area contributed by atoms with Crippen LogP contribution in [0.2, 0.25) is 0 Å². The third-order valence-corrected chi connectivity index (χ3v) is 7.79. The predicted molar refractivity (Wildman–Crippen MR) is 226 cm³/mol. The lowest BCUT2D eigenvalue weighted by Gasteiger charge is -2.22. The molecule has 3 atom stereocenters. The minimum Gasteiger partial charge on any atom is -0.370 e. The molecule has 0 aliphatic rings. The van der Waals surface area contributed by atoms with Crippen LogP contribution < -0.4 is 49.5 Å². The topological polar surface area (TPSA) is 279 Å². The quantitative estimate of drug-likeness (QED) is 0.0250. The highest BCUT2D eigenvalue weighted by Crippen LogP contribution is 2.13. The number of aliphatic imine (C=N–C) groups is 1. The molecular formula is C37H80N10O6S. The number of likely N-dealkylation sites (N-methyl/N-ethyl adjacent to an activating group) is 2. The van der Waals surface area contributed by atoms with Gasteiger partial charge in [-0.2, -0.15) is 11.8 Å². The van der Waals surface area contributed by atoms with Crippen molar-refractivity contribution in [3.63, 3.8) is 0 Å². The maximum atomic E-state index is 11.4. The number of hydrogen-bond donors (Lipinski definition) is 9. The zero-order chi connectivity index (χ0) is 42.4. The zero-order valence-corrected chi connectivity index (χ0v) is 35.8. The third kappa shape index (κ3) is 55.5. The number of thioether (sulfide) groups is 1. The van der Waals surface area contributed by atoms with Gasteiger partial charge in [-0.15, -0.1) is 0 Å². The molecule has 0 rings (SSSR count). The Balaban J connectivity index is -0.000000195. The summed E-state index contributed by atoms with van der Waals surface area (Å²) < 4.78 is 0. The van der Waals surface area contributed by atoms with Gasteiger partial charge in [0.1, 0.15) is 12.6 Å². The largest absolute Gasteiger partial charge is 0.370 e. The summed E-state index contributed by atoms with van der Waals surface area (Å²) in [6.45, 7) is 13.1. The lowest BCUT2D eigenvalue weighted by molar-refractivity contribution is -0.124. The Morgan fingerprint density at radius 2 is 1.26 bits per heavy atom. The number of unbranched alkanes of at least 4 members (excludes halogenated alkanes) is 7. The van der Waals surface area contributed by atoms with E-state index in [-0.39, 0.29) is 54.0 Å². The van der Waals surface area contributed by atoms with Crippen LogP contribution in [0, 0.1) is 0 Å². The fraction of sp³-hybridized carbons (Fsp3) is 0.811. The molecule has 0 aromatic heterocycles. The van der Waals surface area contributed by atoms with E-state index >= 15 is 0 Å². The van der Waals surface area contributed by atoms with Crippen LogP contribution in [-0.2, 0) is 28.8 Å². The Hall–Kier alpha value is -3.28. The van der Waals surface area contributed by atoms with E-state index < -0.39 is 5.91 Å². The number of guanidine groups is 1. The van der Waals surface area contributed by atoms with Gasteiger partial charge >= 0.3 is 0 Å². The summed E-state index contributed by atoms with van der Waals surface area (Å²) in [6.07, 6.45) is 16.9. The molecule has 16 nitrogen and oxygen atoms in total. The highest BCUT2D eigenvalue weighted by molar-refractivity contribution is 7.99. The normalized spacial score (nSPS) is 11.3. The van der Waals surface area contributed by atoms with Crippen LogP contribution in [0.1, 0.15) is 125 Å². The fourth-order valence-corrected chi connectivity index (χ4v) is 4.51. The minimum atomic E-state index is -0.441. The van der Waals surface area contributed by atoms with Crippen molar-refractivity contribution < 1.29 is 28.8 Å². The molecule has 54 heavy (non-hydrogen) atoms. The smallest absolute Gasteiger partial charge is 0.234 e. The number of rotatable bonds is 27. The van der Waals surface area contributed by atoms with Crippen LogP contribution in [0.25, 0.3) is 0 Å². The maximum Gasteiger partial charge on any atom is 0.234 e. The number of primary amides is 1. The fourth-order valence-electron chi connectivity index (χ4n) is 3.87. The molecule has 0 saturated carbocycles. The van der Waals surface area contributed by atoms with Gasteiger partial charge in [0.05, 0.1) is 24.4 Å². The lowest BCUT2D eigenvalue weighted by Crippen LogP contribution is -2.46. The molecule has 13 N–H and O–H groups in total. The molecule has 0 aromatic rings. The molecule has 4 amide bonds. The number of hydrogen-bond acceptors (Lipinski definition) is 11. The second-order valence-electron chi connectivity index (χ2n) is 12.2. The Labute approximate surface area is 331 Å². The average molecular weight is 793 g/mol. The van der Waals surface area contributed by atoms with Gasteiger partial charge in [-0.1, -0.05) is 72.6 Å². The van der Waals surface area contributed by atoms with Crippen molar-refractivity contribution in [2.75, 3.05) is 53.1 Å². The monoisotopic (exact) mass is 793 g/mol. The first-order chi connectivity index (χ1) is 25.7. The molecule has 0 heterocycles. The molecule has 0 saturated heterocycles. The minimum absolute atomic E-state index is 0.0179. The van der Waals surface area contributed by atoms with Crippen molar-refractivity contribution in [2.24, 2.45) is 27.9 Å². The van der Waals surface area contributed by atoms with Crippen LogP contribution in [0.4, 0.5) is 0 Å². The number of aldehydes is 2. The summed E-state index contributed by atoms with van der Waals surface area (Å²) in [5.74, 6) is -0.391. The first kappa shape index (κ1) is 60.0. The standard InChI is InChI=1S/C10H19N3O3S.C10H19NO2.C9H20N2O.C4H11N3.C4H11N/c1-12-5-10(16)13-7(3-4-9(11)15)8(6-14)17-2;1-3-4-5-6-7-10(13)11-9(2)8-12;1-3-4-5-6-7-11-9(12)8-10-2;1-2-3-7-4(5)6;1-2-3-4-5/h6-8,12H,3-5H2,1-2H3,(H2,11,15)(H,13,16);8-9H,3-7H2,1-2H3,(H,11,13);10H,3-8H2,1-2H3,(H,11,12);2-3H2,1H3,(H4,5,6,7);2-5H2,1H3. The second kappa shape index (κ2) is 49.7. The van der Waals surface area contributed by atoms with E-state index in [2.05, 4.69) is 52.3 Å². The van der Waals surface area contributed by atoms with E-state index in [9.17, 15) is 28.8 Å². The molecular weight excluding hydrogens is 713 g/mol. The van der Waals surface area contributed by atoms with Gasteiger partial charge in [-0.3, -0.25) is 24.2 Å². The number of nitrogens with two attached hydrogens (primary N) is 4. The average Bonchev–Trinajstić information content (AvgIpc) is 3.13. The van der Waals surface area contributed by atoms with Crippen molar-refractivity contribution in [1.29, 1.82) is 0 Å². The van der Waals surface area contributed by atoms with Crippen molar-refractivity contribution in [3.8, 4) is 0 Å². The van der Waals surface area contributed by atoms with Gasteiger partial charge in [0.25, 0.3) is 0 Å². The first-order valence-electron chi connectivity index (χ1n) is 19.4. The van der Waals surface area contributed by atoms with Gasteiger partial charge in [0, 0.05) is 32.0 Å². The third-order valence-electron chi connectivity index (χ3n) is 6.80. The summed E-state index contributed by atoms with van der Waals surface area (Å²) in [5, 5.41) is 13.3. The van der Waals surface area contributed by atoms with Crippen molar-refractivity contribution in [3.05, 3.63) is 0 Å². The number of nitrogens with one attached hydrogen (secondary N) is 5. The van der Waals surface area contributed by atoms with Gasteiger partial charge in [0.2, 0.25) is 23.6 Å². The molecule has 17 heteroatoms. The summed E-state index contributed by atoms with van der Waals surface area (Å²) in [5.41, 5.74) is 20.2. The molecule has 0 aliphatic carbocycles. The molecule has 0 aliphatic heterocycles. The molecule has 0 bridgehead atoms. The molecule has 0 fully saturated rings. The molecule has 3 unspecified atom stereocenters. The number of amides is 4. The predicted octanol–water partition coefficient (Wildman–Crippen LogP) is 1.86. The Bertz CT molecular complexity index is 926. The van der Waals surface area contributed by atoms with E-state index in [1.54, 1.807) is 27.3 Å². The van der Waals surface area contributed by atoms with Gasteiger partial charge in [-0.25, -0.2) is 0 Å². The van der Waals surface area contributed by atoms with Crippen molar-refractivity contribution >= 4 is 53.9 Å². The van der Waals surface area contributed by atoms with E-state index in [1.165, 1.54) is 56.7 Å². The summed E-state index contributed by atoms with van der Waals surface area (Å²) in [7, 11) is 3.43. The highest BCUT2D eigenvalue weighted by atomic mass is 32.2.